The van der Waals surface area contributed by atoms with Gasteiger partial charge >= 0.3 is 6.03 Å². The summed E-state index contributed by atoms with van der Waals surface area (Å²) in [6, 6.07) is 6.81. The second-order valence-corrected chi connectivity index (χ2v) is 11.7. The maximum Gasteiger partial charge on any atom is 0.318 e. The fourth-order valence-corrected chi connectivity index (χ4v) is 5.17. The molecule has 1 aromatic carbocycles. The standard InChI is InChI=1S/C24H36N4O5S/c1-24(2,3)26-22(29)27(15-18-9-10-18)16-20-14-25-23(28(20)11-12-32-4)34(30,31)17-19-7-6-8-21(13-19)33-5/h6-8,13-14,18H,9-12,15-17H2,1-5H3,(H,26,29). The number of ether oxygens (including phenoxy) is 2. The van der Waals surface area contributed by atoms with Crippen LogP contribution >= 0.6 is 0 Å². The van der Waals surface area contributed by atoms with Crippen molar-refractivity contribution >= 4 is 15.9 Å². The van der Waals surface area contributed by atoms with Crippen molar-refractivity contribution in [1.29, 1.82) is 0 Å². The molecule has 1 aromatic heterocycles. The van der Waals surface area contributed by atoms with Gasteiger partial charge in [-0.25, -0.2) is 18.2 Å². The lowest BCUT2D eigenvalue weighted by atomic mass is 10.1. The van der Waals surface area contributed by atoms with Crippen molar-refractivity contribution in [2.45, 2.75) is 63.2 Å². The van der Waals surface area contributed by atoms with Crippen molar-refractivity contribution in [3.8, 4) is 5.75 Å². The van der Waals surface area contributed by atoms with E-state index < -0.39 is 9.84 Å². The molecule has 0 atom stereocenters. The van der Waals surface area contributed by atoms with Crippen LogP contribution in [-0.4, -0.2) is 61.8 Å². The van der Waals surface area contributed by atoms with Crippen LogP contribution in [0.25, 0.3) is 0 Å². The SMILES string of the molecule is COCCn1c(CN(CC2CC2)C(=O)NC(C)(C)C)cnc1S(=O)(=O)Cc1cccc(OC)c1. The predicted molar refractivity (Wildman–Crippen MR) is 129 cm³/mol. The van der Waals surface area contributed by atoms with Gasteiger partial charge in [0.15, 0.2) is 0 Å². The molecule has 0 spiro atoms. The third-order valence-corrected chi connectivity index (χ3v) is 7.08. The summed E-state index contributed by atoms with van der Waals surface area (Å²) in [6.45, 7) is 7.34. The van der Waals surface area contributed by atoms with Gasteiger partial charge in [-0.3, -0.25) is 0 Å². The lowest BCUT2D eigenvalue weighted by Gasteiger charge is -2.29. The van der Waals surface area contributed by atoms with E-state index in [1.54, 1.807) is 54.1 Å². The Morgan fingerprint density at radius 2 is 2.00 bits per heavy atom. The fraction of sp³-hybridized carbons (Fsp3) is 0.583. The molecule has 0 unspecified atom stereocenters. The molecule has 1 heterocycles. The number of imidazole rings is 1. The van der Waals surface area contributed by atoms with Crippen molar-refractivity contribution in [1.82, 2.24) is 19.8 Å². The van der Waals surface area contributed by atoms with Crippen molar-refractivity contribution < 1.29 is 22.7 Å². The summed E-state index contributed by atoms with van der Waals surface area (Å²) < 4.78 is 38.8. The first-order valence-corrected chi connectivity index (χ1v) is 13.1. The lowest BCUT2D eigenvalue weighted by molar-refractivity contribution is 0.174. The highest BCUT2D eigenvalue weighted by Crippen LogP contribution is 2.30. The third kappa shape index (κ3) is 7.20. The van der Waals surface area contributed by atoms with E-state index in [1.807, 2.05) is 20.8 Å². The summed E-state index contributed by atoms with van der Waals surface area (Å²) in [6.07, 6.45) is 3.75. The number of hydrogen-bond acceptors (Lipinski definition) is 6. The minimum absolute atomic E-state index is 0.0232. The first kappa shape index (κ1) is 26.0. The van der Waals surface area contributed by atoms with E-state index in [4.69, 9.17) is 9.47 Å². The van der Waals surface area contributed by atoms with E-state index in [9.17, 15) is 13.2 Å². The number of carbonyl (C=O) groups excluding carboxylic acids is 1. The van der Waals surface area contributed by atoms with E-state index in [2.05, 4.69) is 10.3 Å². The van der Waals surface area contributed by atoms with Gasteiger partial charge in [0.25, 0.3) is 0 Å². The molecule has 0 saturated heterocycles. The minimum Gasteiger partial charge on any atom is -0.497 e. The number of hydrogen-bond donors (Lipinski definition) is 1. The molecule has 1 N–H and O–H groups in total. The number of methoxy groups -OCH3 is 2. The zero-order chi connectivity index (χ0) is 24.9. The largest absolute Gasteiger partial charge is 0.497 e. The van der Waals surface area contributed by atoms with E-state index in [1.165, 1.54) is 0 Å². The van der Waals surface area contributed by atoms with Crippen LogP contribution in [0.2, 0.25) is 0 Å². The quantitative estimate of drug-likeness (QED) is 0.517. The van der Waals surface area contributed by atoms with Crippen LogP contribution in [0.3, 0.4) is 0 Å². The Morgan fingerprint density at radius 3 is 2.62 bits per heavy atom. The summed E-state index contributed by atoms with van der Waals surface area (Å²) in [7, 11) is -0.644. The summed E-state index contributed by atoms with van der Waals surface area (Å²) in [5.41, 5.74) is 0.897. The molecule has 10 heteroatoms. The average Bonchev–Trinajstić information content (AvgIpc) is 3.48. The highest BCUT2D eigenvalue weighted by Gasteiger charge is 2.30. The van der Waals surface area contributed by atoms with Crippen molar-refractivity contribution in [3.05, 3.63) is 41.7 Å². The van der Waals surface area contributed by atoms with Gasteiger partial charge in [0.2, 0.25) is 15.0 Å². The van der Waals surface area contributed by atoms with E-state index >= 15 is 0 Å². The van der Waals surface area contributed by atoms with E-state index in [-0.39, 0.29) is 29.0 Å². The van der Waals surface area contributed by atoms with E-state index in [0.29, 0.717) is 42.6 Å². The van der Waals surface area contributed by atoms with Gasteiger partial charge in [-0.05, 0) is 57.2 Å². The fourth-order valence-electron chi connectivity index (χ4n) is 3.66. The number of urea groups is 1. The average molecular weight is 493 g/mol. The van der Waals surface area contributed by atoms with Gasteiger partial charge in [0.05, 0.1) is 37.9 Å². The van der Waals surface area contributed by atoms with Crippen LogP contribution in [0.5, 0.6) is 5.75 Å². The van der Waals surface area contributed by atoms with Crippen LogP contribution in [0.4, 0.5) is 4.79 Å². The number of sulfone groups is 1. The molecule has 0 bridgehead atoms. The molecule has 1 aliphatic carbocycles. The molecule has 3 rings (SSSR count). The molecule has 1 saturated carbocycles. The molecule has 1 aliphatic rings. The van der Waals surface area contributed by atoms with Gasteiger partial charge in [0, 0.05) is 25.7 Å². The van der Waals surface area contributed by atoms with Crippen LogP contribution in [-0.2, 0) is 33.4 Å². The molecule has 0 radical (unpaired) electrons. The number of carbonyl (C=O) groups is 1. The zero-order valence-electron chi connectivity index (χ0n) is 20.7. The highest BCUT2D eigenvalue weighted by atomic mass is 32.2. The van der Waals surface area contributed by atoms with Gasteiger partial charge in [-0.1, -0.05) is 12.1 Å². The predicted octanol–water partition coefficient (Wildman–Crippen LogP) is 3.23. The van der Waals surface area contributed by atoms with Crippen LogP contribution < -0.4 is 10.1 Å². The molecule has 1 fully saturated rings. The first-order valence-electron chi connectivity index (χ1n) is 11.5. The summed E-state index contributed by atoms with van der Waals surface area (Å²) >= 11 is 0. The van der Waals surface area contributed by atoms with Crippen LogP contribution in [0.1, 0.15) is 44.9 Å². The molecule has 2 amide bonds. The summed E-state index contributed by atoms with van der Waals surface area (Å²) in [4.78, 5) is 19.0. The third-order valence-electron chi connectivity index (χ3n) is 5.49. The lowest BCUT2D eigenvalue weighted by Crippen LogP contribution is -2.49. The smallest absolute Gasteiger partial charge is 0.318 e. The second kappa shape index (κ2) is 10.8. The topological polar surface area (TPSA) is 103 Å². The second-order valence-electron chi connectivity index (χ2n) is 9.79. The normalized spacial score (nSPS) is 14.1. The van der Waals surface area contributed by atoms with Gasteiger partial charge in [-0.2, -0.15) is 0 Å². The molecular formula is C24H36N4O5S. The van der Waals surface area contributed by atoms with Crippen molar-refractivity contribution in [3.63, 3.8) is 0 Å². The molecule has 34 heavy (non-hydrogen) atoms. The molecule has 0 aliphatic heterocycles. The Kier molecular flexibility index (Phi) is 8.25. The first-order chi connectivity index (χ1) is 16.0. The Morgan fingerprint density at radius 1 is 1.26 bits per heavy atom. The number of amides is 2. The minimum atomic E-state index is -3.75. The molecule has 9 nitrogen and oxygen atoms in total. The highest BCUT2D eigenvalue weighted by molar-refractivity contribution is 7.90. The van der Waals surface area contributed by atoms with Gasteiger partial charge in [0.1, 0.15) is 5.75 Å². The Bertz CT molecular complexity index is 1090. The van der Waals surface area contributed by atoms with Crippen molar-refractivity contribution in [2.24, 2.45) is 5.92 Å². The van der Waals surface area contributed by atoms with Crippen LogP contribution in [0.15, 0.2) is 35.6 Å². The van der Waals surface area contributed by atoms with Crippen LogP contribution in [0, 0.1) is 5.92 Å². The van der Waals surface area contributed by atoms with E-state index in [0.717, 1.165) is 12.8 Å². The summed E-state index contributed by atoms with van der Waals surface area (Å²) in [5.74, 6) is 0.873. The summed E-state index contributed by atoms with van der Waals surface area (Å²) in [5, 5.41) is 3.00. The number of benzene rings is 1. The number of rotatable bonds is 11. The monoisotopic (exact) mass is 492 g/mol. The maximum atomic E-state index is 13.3. The maximum absolute atomic E-state index is 13.3. The number of aromatic nitrogens is 2. The zero-order valence-corrected chi connectivity index (χ0v) is 21.5. The molecular weight excluding hydrogens is 456 g/mol. The Labute approximate surface area is 202 Å². The van der Waals surface area contributed by atoms with Gasteiger partial charge in [-0.15, -0.1) is 0 Å². The van der Waals surface area contributed by atoms with Crippen molar-refractivity contribution in [2.75, 3.05) is 27.4 Å². The number of nitrogens with zero attached hydrogens (tertiary/aromatic N) is 3. The number of nitrogens with one attached hydrogen (secondary N) is 1. The van der Waals surface area contributed by atoms with Gasteiger partial charge < -0.3 is 24.3 Å². The Balaban J connectivity index is 1.88. The molecule has 188 valence electrons. The molecule has 2 aromatic rings. The Hall–Kier alpha value is -2.59.